The molecule has 0 aliphatic heterocycles. The number of aromatic nitrogens is 2. The number of benzene rings is 1. The lowest BCUT2D eigenvalue weighted by Crippen LogP contribution is -2.34. The summed E-state index contributed by atoms with van der Waals surface area (Å²) in [5.74, 6) is 0.853. The average Bonchev–Trinajstić information content (AvgIpc) is 3.08. The van der Waals surface area contributed by atoms with Crippen molar-refractivity contribution in [1.29, 1.82) is 0 Å². The second-order valence-corrected chi connectivity index (χ2v) is 10.8. The summed E-state index contributed by atoms with van der Waals surface area (Å²) in [5, 5.41) is 7.81. The van der Waals surface area contributed by atoms with Crippen molar-refractivity contribution >= 4 is 29.1 Å². The van der Waals surface area contributed by atoms with Gasteiger partial charge in [0.25, 0.3) is 5.91 Å². The molecule has 188 valence electrons. The van der Waals surface area contributed by atoms with Gasteiger partial charge in [0.1, 0.15) is 0 Å². The van der Waals surface area contributed by atoms with E-state index in [9.17, 15) is 18.0 Å². The van der Waals surface area contributed by atoms with E-state index in [0.29, 0.717) is 35.8 Å². The first-order valence-corrected chi connectivity index (χ1v) is 12.5. The maximum atomic E-state index is 13.3. The third kappa shape index (κ3) is 5.91. The number of rotatable bonds is 7. The van der Waals surface area contributed by atoms with Gasteiger partial charge in [-0.15, -0.1) is 0 Å². The van der Waals surface area contributed by atoms with Gasteiger partial charge in [0.05, 0.1) is 21.2 Å². The molecule has 2 aromatic rings. The van der Waals surface area contributed by atoms with Gasteiger partial charge in [0.15, 0.2) is 5.69 Å². The van der Waals surface area contributed by atoms with Gasteiger partial charge in [-0.3, -0.25) is 9.48 Å². The second kappa shape index (κ2) is 10.5. The largest absolute Gasteiger partial charge is 0.394 e. The van der Waals surface area contributed by atoms with Crippen molar-refractivity contribution in [3.63, 3.8) is 0 Å². The normalized spacial score (nSPS) is 19.3. The summed E-state index contributed by atoms with van der Waals surface area (Å²) in [5.41, 5.74) is -0.291. The molecule has 1 fully saturated rings. The molecular weight excluding hydrogens is 486 g/mol. The molecule has 1 aromatic heterocycles. The number of nitrogens with one attached hydrogen (secondary N) is 1. The van der Waals surface area contributed by atoms with Gasteiger partial charge in [-0.25, -0.2) is 0 Å². The quantitative estimate of drug-likeness (QED) is 0.411. The predicted molar refractivity (Wildman–Crippen MR) is 130 cm³/mol. The number of carbonyl (C=O) groups is 1. The number of aryl methyl sites for hydroxylation is 1. The van der Waals surface area contributed by atoms with Gasteiger partial charge in [-0.2, -0.15) is 18.3 Å². The number of hydrogen-bond donors (Lipinski definition) is 1. The molecule has 1 saturated carbocycles. The lowest BCUT2D eigenvalue weighted by atomic mass is 9.83. The molecule has 0 unspecified atom stereocenters. The molecule has 3 rings (SSSR count). The first kappa shape index (κ1) is 26.9. The van der Waals surface area contributed by atoms with Crippen molar-refractivity contribution in [2.45, 2.75) is 72.5 Å². The molecule has 1 aliphatic rings. The summed E-state index contributed by atoms with van der Waals surface area (Å²) in [7, 11) is 0. The fraction of sp³-hybridized carbons (Fsp3) is 0.600. The van der Waals surface area contributed by atoms with Crippen LogP contribution in [0.5, 0.6) is 0 Å². The van der Waals surface area contributed by atoms with E-state index in [2.05, 4.69) is 17.3 Å². The maximum Gasteiger partial charge on any atom is 0.394 e. The van der Waals surface area contributed by atoms with E-state index in [1.807, 2.05) is 6.92 Å². The van der Waals surface area contributed by atoms with E-state index in [-0.39, 0.29) is 28.1 Å². The van der Waals surface area contributed by atoms with Gasteiger partial charge in [-0.05, 0) is 49.7 Å². The predicted octanol–water partition coefficient (Wildman–Crippen LogP) is 7.56. The van der Waals surface area contributed by atoms with Gasteiger partial charge < -0.3 is 5.32 Å². The van der Waals surface area contributed by atoms with Crippen LogP contribution < -0.4 is 5.32 Å². The molecule has 1 amide bonds. The lowest BCUT2D eigenvalue weighted by molar-refractivity contribution is -0.211. The fourth-order valence-electron chi connectivity index (χ4n) is 4.40. The zero-order valence-electron chi connectivity index (χ0n) is 20.0. The highest BCUT2D eigenvalue weighted by Crippen LogP contribution is 2.42. The maximum absolute atomic E-state index is 13.3. The summed E-state index contributed by atoms with van der Waals surface area (Å²) in [6.45, 7) is 7.48. The number of alkyl halides is 3. The summed E-state index contributed by atoms with van der Waals surface area (Å²) in [6.07, 6.45) is -0.00570. The molecule has 1 aliphatic carbocycles. The molecular formula is C25H32Cl2F3N3O. The molecule has 34 heavy (non-hydrogen) atoms. The molecule has 0 bridgehead atoms. The monoisotopic (exact) mass is 517 g/mol. The zero-order valence-corrected chi connectivity index (χ0v) is 21.5. The SMILES string of the molecule is CCn1nc(C(=O)NCC2CCC(C)CC2)c(Cl)c1-c1ccc(CC(C)(C)C(F)(F)F)cc1Cl. The molecule has 0 saturated heterocycles. The molecule has 4 nitrogen and oxygen atoms in total. The minimum absolute atomic E-state index is 0.126. The Hall–Kier alpha value is -1.73. The Labute approximate surface area is 209 Å². The fourth-order valence-corrected chi connectivity index (χ4v) is 5.01. The average molecular weight is 518 g/mol. The van der Waals surface area contributed by atoms with Crippen molar-refractivity contribution in [2.75, 3.05) is 6.54 Å². The van der Waals surface area contributed by atoms with Crippen LogP contribution in [0.3, 0.4) is 0 Å². The molecule has 1 aromatic carbocycles. The zero-order chi connectivity index (χ0) is 25.3. The highest BCUT2D eigenvalue weighted by molar-refractivity contribution is 6.38. The van der Waals surface area contributed by atoms with E-state index in [4.69, 9.17) is 23.2 Å². The first-order valence-electron chi connectivity index (χ1n) is 11.7. The number of amides is 1. The lowest BCUT2D eigenvalue weighted by Gasteiger charge is -2.27. The highest BCUT2D eigenvalue weighted by atomic mass is 35.5. The number of halogens is 5. The Kier molecular flexibility index (Phi) is 8.29. The van der Waals surface area contributed by atoms with Crippen LogP contribution >= 0.6 is 23.2 Å². The van der Waals surface area contributed by atoms with Crippen molar-refractivity contribution in [3.05, 3.63) is 39.5 Å². The van der Waals surface area contributed by atoms with Crippen molar-refractivity contribution in [2.24, 2.45) is 17.3 Å². The summed E-state index contributed by atoms with van der Waals surface area (Å²) in [4.78, 5) is 12.9. The molecule has 1 heterocycles. The van der Waals surface area contributed by atoms with E-state index < -0.39 is 11.6 Å². The molecule has 1 N–H and O–H groups in total. The third-order valence-corrected chi connectivity index (χ3v) is 7.47. The Morgan fingerprint density at radius 1 is 1.18 bits per heavy atom. The standard InChI is InChI=1S/C25H32Cl2F3N3O/c1-5-33-22(18-11-10-17(12-19(18)26)13-24(3,4)25(28,29)30)20(27)21(32-33)23(34)31-14-16-8-6-15(2)7-9-16/h10-12,15-16H,5-9,13-14H2,1-4H3,(H,31,34). The van der Waals surface area contributed by atoms with Gasteiger partial charge in [-0.1, -0.05) is 68.9 Å². The van der Waals surface area contributed by atoms with E-state index in [0.717, 1.165) is 32.6 Å². The van der Waals surface area contributed by atoms with E-state index in [1.165, 1.54) is 18.9 Å². The summed E-state index contributed by atoms with van der Waals surface area (Å²) < 4.78 is 41.5. The third-order valence-electron chi connectivity index (χ3n) is 6.80. The number of carbonyl (C=O) groups excluding carboxylic acids is 1. The Balaban J connectivity index is 1.81. The highest BCUT2D eigenvalue weighted by Gasteiger charge is 2.47. The summed E-state index contributed by atoms with van der Waals surface area (Å²) >= 11 is 13.1. The Morgan fingerprint density at radius 2 is 1.82 bits per heavy atom. The first-order chi connectivity index (χ1) is 15.8. The molecule has 0 spiro atoms. The van der Waals surface area contributed by atoms with E-state index in [1.54, 1.807) is 16.8 Å². The topological polar surface area (TPSA) is 46.9 Å². The number of hydrogen-bond acceptors (Lipinski definition) is 2. The van der Waals surface area contributed by atoms with Crippen LogP contribution in [0.1, 0.15) is 69.4 Å². The Morgan fingerprint density at radius 3 is 2.38 bits per heavy atom. The van der Waals surface area contributed by atoms with Crippen molar-refractivity contribution in [3.8, 4) is 11.3 Å². The summed E-state index contributed by atoms with van der Waals surface area (Å²) in [6, 6.07) is 4.78. The second-order valence-electron chi connectivity index (χ2n) is 10.0. The molecule has 0 radical (unpaired) electrons. The minimum Gasteiger partial charge on any atom is -0.350 e. The van der Waals surface area contributed by atoms with E-state index >= 15 is 0 Å². The van der Waals surface area contributed by atoms with Crippen LogP contribution in [0.15, 0.2) is 18.2 Å². The number of nitrogens with zero attached hydrogens (tertiary/aromatic N) is 2. The molecule has 0 atom stereocenters. The van der Waals surface area contributed by atoms with Crippen molar-refractivity contribution in [1.82, 2.24) is 15.1 Å². The van der Waals surface area contributed by atoms with Crippen molar-refractivity contribution < 1.29 is 18.0 Å². The molecule has 9 heteroatoms. The van der Waals surface area contributed by atoms with Crippen LogP contribution in [0, 0.1) is 17.3 Å². The van der Waals surface area contributed by atoms with Crippen LogP contribution in [-0.4, -0.2) is 28.4 Å². The van der Waals surface area contributed by atoms with Crippen LogP contribution in [0.25, 0.3) is 11.3 Å². The van der Waals surface area contributed by atoms with Crippen LogP contribution in [0.2, 0.25) is 10.0 Å². The van der Waals surface area contributed by atoms with Gasteiger partial charge in [0, 0.05) is 18.7 Å². The van der Waals surface area contributed by atoms with Crippen LogP contribution in [-0.2, 0) is 13.0 Å². The van der Waals surface area contributed by atoms with Crippen LogP contribution in [0.4, 0.5) is 13.2 Å². The Bertz CT molecular complexity index is 1030. The smallest absolute Gasteiger partial charge is 0.350 e. The van der Waals surface area contributed by atoms with Gasteiger partial charge >= 0.3 is 6.18 Å². The van der Waals surface area contributed by atoms with Gasteiger partial charge in [0.2, 0.25) is 0 Å². The minimum atomic E-state index is -4.33.